The van der Waals surface area contributed by atoms with E-state index in [4.69, 9.17) is 9.84 Å². The third-order valence-corrected chi connectivity index (χ3v) is 5.75. The molecule has 1 aliphatic rings. The minimum Gasteiger partial charge on any atom is -0.484 e. The van der Waals surface area contributed by atoms with Crippen LogP contribution in [0.25, 0.3) is 0 Å². The number of aromatic nitrogens is 3. The first-order valence-electron chi connectivity index (χ1n) is 9.55. The van der Waals surface area contributed by atoms with E-state index in [1.807, 2.05) is 0 Å². The number of hydrogen-bond donors (Lipinski definition) is 1. The number of amides is 1. The van der Waals surface area contributed by atoms with Gasteiger partial charge in [-0.15, -0.1) is 5.10 Å². The molecular weight excluding hydrogens is 412 g/mol. The summed E-state index contributed by atoms with van der Waals surface area (Å²) in [6.07, 6.45) is 5.19. The molecule has 1 N–H and O–H groups in total. The Hall–Kier alpha value is -2.95. The molecule has 0 unspecified atom stereocenters. The Morgan fingerprint density at radius 2 is 1.97 bits per heavy atom. The number of carboxylic acid groups (broad SMARTS) is 1. The smallest absolute Gasteiger partial charge is 0.303 e. The molecule has 0 radical (unpaired) electrons. The molecule has 0 atom stereocenters. The first-order valence-corrected chi connectivity index (χ1v) is 11.4. The Kier molecular flexibility index (Phi) is 6.70. The van der Waals surface area contributed by atoms with Crippen molar-refractivity contribution in [2.45, 2.75) is 49.7 Å². The zero-order valence-electron chi connectivity index (χ0n) is 16.6. The number of rotatable bonds is 11. The molecule has 1 aliphatic carbocycles. The predicted octanol–water partition coefficient (Wildman–Crippen LogP) is 1.12. The SMILES string of the molecule is CS(=O)(=O)c1ccc(OCC(=O)N(Cc2cn(CCCC(=O)O)nn2)C2CC2)cc1. The fourth-order valence-electron chi connectivity index (χ4n) is 2.91. The lowest BCUT2D eigenvalue weighted by molar-refractivity contribution is -0.137. The number of aliphatic carboxylic acids is 1. The van der Waals surface area contributed by atoms with Crippen molar-refractivity contribution in [3.8, 4) is 5.75 Å². The lowest BCUT2D eigenvalue weighted by atomic mass is 10.3. The monoisotopic (exact) mass is 436 g/mol. The van der Waals surface area contributed by atoms with Gasteiger partial charge in [0.05, 0.1) is 17.6 Å². The molecule has 3 rings (SSSR count). The van der Waals surface area contributed by atoms with Crippen LogP contribution in [0.3, 0.4) is 0 Å². The number of benzene rings is 1. The van der Waals surface area contributed by atoms with E-state index < -0.39 is 15.8 Å². The van der Waals surface area contributed by atoms with E-state index in [9.17, 15) is 18.0 Å². The highest BCUT2D eigenvalue weighted by Gasteiger charge is 2.33. The van der Waals surface area contributed by atoms with Gasteiger partial charge in [-0.2, -0.15) is 0 Å². The number of carbonyl (C=O) groups excluding carboxylic acids is 1. The first kappa shape index (κ1) is 21.8. The molecule has 1 amide bonds. The molecule has 1 heterocycles. The summed E-state index contributed by atoms with van der Waals surface area (Å²) >= 11 is 0. The largest absolute Gasteiger partial charge is 0.484 e. The lowest BCUT2D eigenvalue weighted by Gasteiger charge is -2.21. The molecule has 0 saturated heterocycles. The van der Waals surface area contributed by atoms with Gasteiger partial charge in [-0.05, 0) is 43.5 Å². The third-order valence-electron chi connectivity index (χ3n) is 4.62. The van der Waals surface area contributed by atoms with Gasteiger partial charge < -0.3 is 14.7 Å². The standard InChI is InChI=1S/C19H24N4O6S/c1-30(27,28)17-8-6-16(7-9-17)29-13-18(24)23(15-4-5-15)12-14-11-22(21-20-14)10-2-3-19(25)26/h6-9,11,15H,2-5,10,12-13H2,1H3,(H,25,26). The maximum Gasteiger partial charge on any atom is 0.303 e. The third kappa shape index (κ3) is 6.28. The summed E-state index contributed by atoms with van der Waals surface area (Å²) in [6, 6.07) is 6.07. The fraction of sp³-hybridized carbons (Fsp3) is 0.474. The van der Waals surface area contributed by atoms with Gasteiger partial charge in [0.25, 0.3) is 5.91 Å². The molecule has 1 aromatic carbocycles. The second-order valence-corrected chi connectivity index (χ2v) is 9.27. The highest BCUT2D eigenvalue weighted by atomic mass is 32.2. The number of aryl methyl sites for hydroxylation is 1. The average Bonchev–Trinajstić information content (AvgIpc) is 3.43. The molecule has 1 saturated carbocycles. The van der Waals surface area contributed by atoms with Crippen molar-refractivity contribution in [1.82, 2.24) is 19.9 Å². The Labute approximate surface area is 174 Å². The summed E-state index contributed by atoms with van der Waals surface area (Å²) in [7, 11) is -3.28. The summed E-state index contributed by atoms with van der Waals surface area (Å²) in [4.78, 5) is 25.2. The highest BCUT2D eigenvalue weighted by Crippen LogP contribution is 2.28. The van der Waals surface area contributed by atoms with Crippen molar-refractivity contribution in [2.24, 2.45) is 0 Å². The molecule has 162 valence electrons. The molecule has 2 aromatic rings. The van der Waals surface area contributed by atoms with Gasteiger partial charge in [-0.3, -0.25) is 14.3 Å². The summed E-state index contributed by atoms with van der Waals surface area (Å²) in [6.45, 7) is 0.587. The number of ether oxygens (including phenoxy) is 1. The van der Waals surface area contributed by atoms with Gasteiger partial charge in [0.2, 0.25) is 0 Å². The van der Waals surface area contributed by atoms with E-state index in [-0.39, 0.29) is 29.9 Å². The zero-order chi connectivity index (χ0) is 21.7. The van der Waals surface area contributed by atoms with Crippen LogP contribution in [0.15, 0.2) is 35.4 Å². The Morgan fingerprint density at radius 3 is 2.57 bits per heavy atom. The molecule has 30 heavy (non-hydrogen) atoms. The van der Waals surface area contributed by atoms with Crippen LogP contribution in [0.1, 0.15) is 31.4 Å². The summed E-state index contributed by atoms with van der Waals surface area (Å²) in [5, 5.41) is 16.8. The highest BCUT2D eigenvalue weighted by molar-refractivity contribution is 7.90. The van der Waals surface area contributed by atoms with Gasteiger partial charge in [0.15, 0.2) is 16.4 Å². The van der Waals surface area contributed by atoms with Crippen molar-refractivity contribution in [3.63, 3.8) is 0 Å². The van der Waals surface area contributed by atoms with E-state index in [2.05, 4.69) is 10.3 Å². The van der Waals surface area contributed by atoms with Gasteiger partial charge >= 0.3 is 5.97 Å². The van der Waals surface area contributed by atoms with Crippen molar-refractivity contribution < 1.29 is 27.9 Å². The maximum absolute atomic E-state index is 12.7. The molecular formula is C19H24N4O6S. The average molecular weight is 436 g/mol. The van der Waals surface area contributed by atoms with Gasteiger partial charge in [0, 0.05) is 25.3 Å². The zero-order valence-corrected chi connectivity index (χ0v) is 17.4. The van der Waals surface area contributed by atoms with Crippen molar-refractivity contribution in [2.75, 3.05) is 12.9 Å². The first-order chi connectivity index (χ1) is 14.2. The van der Waals surface area contributed by atoms with E-state index in [0.717, 1.165) is 19.1 Å². The minimum absolute atomic E-state index is 0.0599. The molecule has 0 spiro atoms. The van der Waals surface area contributed by atoms with Crippen molar-refractivity contribution in [3.05, 3.63) is 36.2 Å². The van der Waals surface area contributed by atoms with Crippen LogP contribution in [0, 0.1) is 0 Å². The molecule has 0 aliphatic heterocycles. The molecule has 1 aromatic heterocycles. The molecule has 10 nitrogen and oxygen atoms in total. The Bertz CT molecular complexity index is 998. The van der Waals surface area contributed by atoms with Gasteiger partial charge in [-0.25, -0.2) is 8.42 Å². The van der Waals surface area contributed by atoms with Crippen LogP contribution in [-0.4, -0.2) is 64.2 Å². The van der Waals surface area contributed by atoms with Crippen LogP contribution in [0.5, 0.6) is 5.75 Å². The molecule has 0 bridgehead atoms. The van der Waals surface area contributed by atoms with E-state index in [0.29, 0.717) is 31.0 Å². The maximum atomic E-state index is 12.7. The fourth-order valence-corrected chi connectivity index (χ4v) is 3.54. The predicted molar refractivity (Wildman–Crippen MR) is 106 cm³/mol. The Morgan fingerprint density at radius 1 is 1.27 bits per heavy atom. The number of nitrogens with zero attached hydrogens (tertiary/aromatic N) is 4. The quantitative estimate of drug-likeness (QED) is 0.554. The van der Waals surface area contributed by atoms with Crippen LogP contribution in [0.4, 0.5) is 0 Å². The van der Waals surface area contributed by atoms with Gasteiger partial charge in [-0.1, -0.05) is 5.21 Å². The summed E-state index contributed by atoms with van der Waals surface area (Å²) in [5.74, 6) is -0.632. The second kappa shape index (κ2) is 9.24. The van der Waals surface area contributed by atoms with Crippen molar-refractivity contribution in [1.29, 1.82) is 0 Å². The summed E-state index contributed by atoms with van der Waals surface area (Å²) in [5.41, 5.74) is 0.628. The molecule has 1 fully saturated rings. The topological polar surface area (TPSA) is 132 Å². The number of carboxylic acids is 1. The van der Waals surface area contributed by atoms with Crippen LogP contribution in [-0.2, 0) is 32.5 Å². The van der Waals surface area contributed by atoms with E-state index >= 15 is 0 Å². The summed E-state index contributed by atoms with van der Waals surface area (Å²) < 4.78 is 30.1. The van der Waals surface area contributed by atoms with E-state index in [1.54, 1.807) is 15.8 Å². The lowest BCUT2D eigenvalue weighted by Crippen LogP contribution is -2.36. The normalized spacial score (nSPS) is 13.8. The van der Waals surface area contributed by atoms with Crippen molar-refractivity contribution >= 4 is 21.7 Å². The van der Waals surface area contributed by atoms with Crippen LogP contribution >= 0.6 is 0 Å². The second-order valence-electron chi connectivity index (χ2n) is 7.26. The van der Waals surface area contributed by atoms with E-state index in [1.165, 1.54) is 24.3 Å². The number of carbonyl (C=O) groups is 2. The number of sulfone groups is 1. The van der Waals surface area contributed by atoms with Gasteiger partial charge in [0.1, 0.15) is 11.4 Å². The van der Waals surface area contributed by atoms with Crippen LogP contribution < -0.4 is 4.74 Å². The molecule has 11 heteroatoms. The van der Waals surface area contributed by atoms with Crippen LogP contribution in [0.2, 0.25) is 0 Å². The Balaban J connectivity index is 1.54. The number of hydrogen-bond acceptors (Lipinski definition) is 7. The minimum atomic E-state index is -3.28.